The highest BCUT2D eigenvalue weighted by Gasteiger charge is 2.45. The van der Waals surface area contributed by atoms with E-state index in [0.717, 1.165) is 29.3 Å². The van der Waals surface area contributed by atoms with Gasteiger partial charge in [0.05, 0.1) is 18.8 Å². The number of hydrogen-bond donors (Lipinski definition) is 1. The Labute approximate surface area is 229 Å². The fraction of sp³-hybridized carbons (Fsp3) is 0.429. The van der Waals surface area contributed by atoms with Gasteiger partial charge in [-0.2, -0.15) is 0 Å². The molecule has 0 bridgehead atoms. The molecule has 9 nitrogen and oxygen atoms in total. The monoisotopic (exact) mass is 560 g/mol. The molecule has 2 heterocycles. The average Bonchev–Trinajstić information content (AvgIpc) is 2.94. The number of carbonyl (C=O) groups excluding carboxylic acids is 3. The molecule has 0 saturated carbocycles. The third kappa shape index (κ3) is 6.02. The van der Waals surface area contributed by atoms with E-state index in [2.05, 4.69) is 9.89 Å². The van der Waals surface area contributed by atoms with Gasteiger partial charge in [0.2, 0.25) is 6.41 Å². The lowest BCUT2D eigenvalue weighted by Crippen LogP contribution is -2.55. The van der Waals surface area contributed by atoms with Gasteiger partial charge in [0.15, 0.2) is 11.6 Å². The number of hydrogen-bond acceptors (Lipinski definition) is 6. The van der Waals surface area contributed by atoms with Gasteiger partial charge in [0.25, 0.3) is 0 Å². The molecule has 0 spiro atoms. The topological polar surface area (TPSA) is 103 Å². The molecular formula is C28H31F3N4O5. The Hall–Kier alpha value is -3.77. The molecule has 2 aromatic carbocycles. The highest BCUT2D eigenvalue weighted by molar-refractivity contribution is 6.08. The van der Waals surface area contributed by atoms with Crippen LogP contribution in [0.5, 0.6) is 0 Å². The summed E-state index contributed by atoms with van der Waals surface area (Å²) in [7, 11) is 1.16. The number of aliphatic imine (C=N–C) groups is 1. The zero-order valence-electron chi connectivity index (χ0n) is 22.2. The van der Waals surface area contributed by atoms with Crippen LogP contribution in [0.4, 0.5) is 18.0 Å². The van der Waals surface area contributed by atoms with Gasteiger partial charge >= 0.3 is 12.0 Å². The average molecular weight is 561 g/mol. The summed E-state index contributed by atoms with van der Waals surface area (Å²) < 4.78 is 46.1. The van der Waals surface area contributed by atoms with Crippen molar-refractivity contribution in [1.82, 2.24) is 14.9 Å². The maximum Gasteiger partial charge on any atom is 0.362 e. The van der Waals surface area contributed by atoms with E-state index < -0.39 is 41.2 Å². The lowest BCUT2D eigenvalue weighted by molar-refractivity contribution is -0.150. The molecule has 0 aliphatic carbocycles. The van der Waals surface area contributed by atoms with Gasteiger partial charge in [-0.05, 0) is 68.1 Å². The number of methoxy groups -OCH3 is 1. The van der Waals surface area contributed by atoms with Crippen LogP contribution in [0.25, 0.3) is 0 Å². The minimum Gasteiger partial charge on any atom is -0.468 e. The number of nitrogens with zero attached hydrogens (tertiary/aromatic N) is 4. The molecule has 1 saturated heterocycles. The maximum absolute atomic E-state index is 14.2. The van der Waals surface area contributed by atoms with Crippen LogP contribution in [0.2, 0.25) is 0 Å². The molecule has 214 valence electrons. The predicted octanol–water partition coefficient (Wildman–Crippen LogP) is 3.58. The van der Waals surface area contributed by atoms with Crippen molar-refractivity contribution in [3.8, 4) is 0 Å². The van der Waals surface area contributed by atoms with Gasteiger partial charge in [-0.25, -0.2) is 28.0 Å². The molecule has 40 heavy (non-hydrogen) atoms. The van der Waals surface area contributed by atoms with E-state index in [1.165, 1.54) is 25.1 Å². The summed E-state index contributed by atoms with van der Waals surface area (Å²) in [5.74, 6) is -4.54. The molecule has 0 radical (unpaired) electrons. The fourth-order valence-electron chi connectivity index (χ4n) is 5.35. The summed E-state index contributed by atoms with van der Waals surface area (Å²) >= 11 is 0. The van der Waals surface area contributed by atoms with Gasteiger partial charge in [0.1, 0.15) is 11.7 Å². The molecule has 0 aromatic heterocycles. The number of urea groups is 1. The second kappa shape index (κ2) is 12.2. The Bertz CT molecular complexity index is 1280. The molecule has 2 atom stereocenters. The number of carbonyl (C=O) groups is 3. The quantitative estimate of drug-likeness (QED) is 0.372. The van der Waals surface area contributed by atoms with Crippen LogP contribution >= 0.6 is 0 Å². The summed E-state index contributed by atoms with van der Waals surface area (Å²) in [5.41, 5.74) is -0.186. The third-order valence-electron chi connectivity index (χ3n) is 7.56. The largest absolute Gasteiger partial charge is 0.468 e. The van der Waals surface area contributed by atoms with Gasteiger partial charge in [-0.3, -0.25) is 14.6 Å². The number of aliphatic hydroxyl groups is 1. The van der Waals surface area contributed by atoms with E-state index in [1.807, 2.05) is 0 Å². The Morgan fingerprint density at radius 1 is 1.15 bits per heavy atom. The highest BCUT2D eigenvalue weighted by atomic mass is 19.2. The second-order valence-corrected chi connectivity index (χ2v) is 10.0. The summed E-state index contributed by atoms with van der Waals surface area (Å²) in [6, 6.07) is 6.79. The first-order chi connectivity index (χ1) is 19.1. The Balaban J connectivity index is 1.47. The van der Waals surface area contributed by atoms with Crippen molar-refractivity contribution in [2.24, 2.45) is 10.9 Å². The molecule has 2 aliphatic heterocycles. The van der Waals surface area contributed by atoms with Crippen molar-refractivity contribution in [2.75, 3.05) is 33.3 Å². The molecule has 2 aliphatic rings. The van der Waals surface area contributed by atoms with E-state index in [-0.39, 0.29) is 23.6 Å². The Morgan fingerprint density at radius 2 is 1.82 bits per heavy atom. The van der Waals surface area contributed by atoms with E-state index in [4.69, 9.17) is 4.74 Å². The zero-order chi connectivity index (χ0) is 29.0. The van der Waals surface area contributed by atoms with Gasteiger partial charge in [-0.1, -0.05) is 18.2 Å². The minimum absolute atomic E-state index is 0.0661. The lowest BCUT2D eigenvalue weighted by Gasteiger charge is -2.43. The molecule has 12 heteroatoms. The van der Waals surface area contributed by atoms with Crippen molar-refractivity contribution in [1.29, 1.82) is 0 Å². The Morgan fingerprint density at radius 3 is 2.42 bits per heavy atom. The number of hydrazine groups is 1. The first-order valence-electron chi connectivity index (χ1n) is 12.9. The van der Waals surface area contributed by atoms with Crippen LogP contribution in [0.1, 0.15) is 43.4 Å². The number of halogens is 3. The molecule has 3 amide bonds. The van der Waals surface area contributed by atoms with E-state index in [1.54, 1.807) is 12.1 Å². The van der Waals surface area contributed by atoms with Crippen LogP contribution in [-0.2, 0) is 19.9 Å². The maximum atomic E-state index is 14.2. The highest BCUT2D eigenvalue weighted by Crippen LogP contribution is 2.37. The summed E-state index contributed by atoms with van der Waals surface area (Å²) in [6.45, 7) is 3.17. The SMILES string of the molecule is COC(=O)C1C(C)=NC(=O)N(N(C=O)CCCN2CCC(O)(c3ccc(F)cc3)CC2)C1c1ccc(F)c(F)c1. The number of rotatable bonds is 9. The van der Waals surface area contributed by atoms with Crippen LogP contribution in [0, 0.1) is 23.4 Å². The fourth-order valence-corrected chi connectivity index (χ4v) is 5.35. The lowest BCUT2D eigenvalue weighted by atomic mass is 9.84. The van der Waals surface area contributed by atoms with Gasteiger partial charge < -0.3 is 14.7 Å². The number of ether oxygens (including phenoxy) is 1. The molecule has 2 unspecified atom stereocenters. The van der Waals surface area contributed by atoms with E-state index in [9.17, 15) is 32.7 Å². The molecule has 1 fully saturated rings. The number of piperidine rings is 1. The first kappa shape index (κ1) is 29.2. The standard InChI is InChI=1S/C28H31F3N4O5/c1-18-24(26(37)40-2)25(19-4-9-22(30)23(31)16-19)35(27(38)32-18)34(17-36)13-3-12-33-14-10-28(39,11-15-33)20-5-7-21(29)8-6-20/h4-9,16-17,24-25,39H,3,10-15H2,1-2H3. The van der Waals surface area contributed by atoms with Gasteiger partial charge in [-0.15, -0.1) is 0 Å². The summed E-state index contributed by atoms with van der Waals surface area (Å²) in [5, 5.41) is 13.1. The van der Waals surface area contributed by atoms with Crippen molar-refractivity contribution in [3.05, 3.63) is 71.0 Å². The van der Waals surface area contributed by atoms with Crippen molar-refractivity contribution in [3.63, 3.8) is 0 Å². The number of benzene rings is 2. The van der Waals surface area contributed by atoms with Crippen LogP contribution in [0.3, 0.4) is 0 Å². The van der Waals surface area contributed by atoms with Crippen LogP contribution in [0.15, 0.2) is 47.5 Å². The zero-order valence-corrected chi connectivity index (χ0v) is 22.2. The van der Waals surface area contributed by atoms with E-state index >= 15 is 0 Å². The Kier molecular flexibility index (Phi) is 8.89. The third-order valence-corrected chi connectivity index (χ3v) is 7.56. The number of esters is 1. The molecule has 1 N–H and O–H groups in total. The first-order valence-corrected chi connectivity index (χ1v) is 12.9. The smallest absolute Gasteiger partial charge is 0.362 e. The minimum atomic E-state index is -1.20. The number of amides is 3. The predicted molar refractivity (Wildman–Crippen MR) is 138 cm³/mol. The molecular weight excluding hydrogens is 529 g/mol. The summed E-state index contributed by atoms with van der Waals surface area (Å²) in [4.78, 5) is 44.0. The van der Waals surface area contributed by atoms with Crippen molar-refractivity contribution >= 4 is 24.1 Å². The molecule has 4 rings (SSSR count). The van der Waals surface area contributed by atoms with Gasteiger partial charge in [0, 0.05) is 25.3 Å². The molecule has 2 aromatic rings. The summed E-state index contributed by atoms with van der Waals surface area (Å²) in [6.07, 6.45) is 1.73. The van der Waals surface area contributed by atoms with Crippen LogP contribution < -0.4 is 0 Å². The van der Waals surface area contributed by atoms with E-state index in [0.29, 0.717) is 50.9 Å². The normalized spacial score (nSPS) is 21.1. The van der Waals surface area contributed by atoms with Crippen molar-refractivity contribution < 1.29 is 37.4 Å². The van der Waals surface area contributed by atoms with Crippen LogP contribution in [-0.4, -0.2) is 77.4 Å². The second-order valence-electron chi connectivity index (χ2n) is 10.0. The number of likely N-dealkylation sites (tertiary alicyclic amines) is 1. The van der Waals surface area contributed by atoms with Crippen molar-refractivity contribution in [2.45, 2.75) is 37.8 Å².